The molecule has 0 atom stereocenters. The molecule has 0 radical (unpaired) electrons. The lowest BCUT2D eigenvalue weighted by Gasteiger charge is -2.39. The molecule has 0 bridgehead atoms. The summed E-state index contributed by atoms with van der Waals surface area (Å²) in [5, 5.41) is 3.11. The van der Waals surface area contributed by atoms with Gasteiger partial charge in [-0.05, 0) is 56.7 Å². The Balaban J connectivity index is 1.32. The summed E-state index contributed by atoms with van der Waals surface area (Å²) in [6.07, 6.45) is 7.06. The maximum Gasteiger partial charge on any atom is 0.251 e. The number of carbonyl (C=O) groups excluding carboxylic acids is 2. The largest absolute Gasteiger partial charge is 0.397 e. The lowest BCUT2D eigenvalue weighted by molar-refractivity contribution is -0.138. The third-order valence-corrected chi connectivity index (χ3v) is 6.78. The number of amides is 2. The molecule has 29 heavy (non-hydrogen) atoms. The van der Waals surface area contributed by atoms with E-state index < -0.39 is 0 Å². The molecule has 3 aliphatic rings. The lowest BCUT2D eigenvalue weighted by Crippen LogP contribution is -2.51. The number of hydrogen-bond acceptors (Lipinski definition) is 5. The molecule has 2 saturated carbocycles. The number of benzene rings is 1. The summed E-state index contributed by atoms with van der Waals surface area (Å²) in [6, 6.07) is 6.02. The van der Waals surface area contributed by atoms with Gasteiger partial charge in [0.05, 0.1) is 11.4 Å². The first-order valence-electron chi connectivity index (χ1n) is 11.0. The Hall–Kier alpha value is -2.28. The van der Waals surface area contributed by atoms with Crippen LogP contribution in [0.4, 0.5) is 11.4 Å². The van der Waals surface area contributed by atoms with Crippen molar-refractivity contribution in [2.75, 3.05) is 36.8 Å². The van der Waals surface area contributed by atoms with E-state index in [0.29, 0.717) is 17.2 Å². The Morgan fingerprint density at radius 3 is 2.24 bits per heavy atom. The van der Waals surface area contributed by atoms with Crippen LogP contribution in [0, 0.1) is 5.92 Å². The van der Waals surface area contributed by atoms with Crippen molar-refractivity contribution >= 4 is 23.2 Å². The van der Waals surface area contributed by atoms with E-state index in [1.165, 1.54) is 6.42 Å². The predicted octanol–water partition coefficient (Wildman–Crippen LogP) is 1.72. The van der Waals surface area contributed by atoms with Gasteiger partial charge in [-0.2, -0.15) is 0 Å². The zero-order valence-corrected chi connectivity index (χ0v) is 17.1. The van der Waals surface area contributed by atoms with Gasteiger partial charge in [-0.15, -0.1) is 0 Å². The minimum Gasteiger partial charge on any atom is -0.397 e. The normalized spacial score (nSPS) is 25.4. The van der Waals surface area contributed by atoms with Crippen molar-refractivity contribution < 1.29 is 9.59 Å². The van der Waals surface area contributed by atoms with Crippen molar-refractivity contribution in [2.24, 2.45) is 11.7 Å². The van der Waals surface area contributed by atoms with E-state index in [1.807, 2.05) is 17.0 Å². The van der Waals surface area contributed by atoms with Crippen LogP contribution in [0.25, 0.3) is 0 Å². The van der Waals surface area contributed by atoms with Gasteiger partial charge in [-0.1, -0.05) is 6.42 Å². The average Bonchev–Trinajstić information content (AvgIpc) is 2.68. The second-order valence-corrected chi connectivity index (χ2v) is 8.80. The first-order chi connectivity index (χ1) is 14.0. The second-order valence-electron chi connectivity index (χ2n) is 8.80. The van der Waals surface area contributed by atoms with Crippen LogP contribution in [0.1, 0.15) is 55.3 Å². The number of nitrogens with zero attached hydrogens (tertiary/aromatic N) is 2. The van der Waals surface area contributed by atoms with Gasteiger partial charge in [0, 0.05) is 49.7 Å². The molecular formula is C22H33N5O2. The Bertz CT molecular complexity index is 748. The minimum atomic E-state index is -0.0698. The molecule has 1 heterocycles. The van der Waals surface area contributed by atoms with Crippen LogP contribution in [-0.4, -0.2) is 55.0 Å². The summed E-state index contributed by atoms with van der Waals surface area (Å²) < 4.78 is 0. The van der Waals surface area contributed by atoms with Crippen molar-refractivity contribution in [1.29, 1.82) is 0 Å². The molecule has 4 rings (SSSR count). The quantitative estimate of drug-likeness (QED) is 0.669. The molecule has 1 saturated heterocycles. The van der Waals surface area contributed by atoms with E-state index in [1.54, 1.807) is 6.07 Å². The molecule has 2 amide bonds. The maximum atomic E-state index is 12.6. The SMILES string of the molecule is Nc1cc(C(=O)NC2CCC(N)CC2)ccc1N1CCN(C(=O)C2CCC2)CC1. The fourth-order valence-electron chi connectivity index (χ4n) is 4.60. The van der Waals surface area contributed by atoms with Gasteiger partial charge in [0.1, 0.15) is 0 Å². The van der Waals surface area contributed by atoms with Crippen molar-refractivity contribution in [2.45, 2.75) is 57.0 Å². The highest BCUT2D eigenvalue weighted by Crippen LogP contribution is 2.30. The monoisotopic (exact) mass is 399 g/mol. The fraction of sp³-hybridized carbons (Fsp3) is 0.636. The van der Waals surface area contributed by atoms with E-state index in [4.69, 9.17) is 11.5 Å². The highest BCUT2D eigenvalue weighted by Gasteiger charge is 2.31. The molecule has 158 valence electrons. The molecule has 7 nitrogen and oxygen atoms in total. The molecule has 1 aromatic rings. The molecule has 1 aromatic carbocycles. The molecular weight excluding hydrogens is 366 g/mol. The number of rotatable bonds is 4. The first-order valence-corrected chi connectivity index (χ1v) is 11.0. The Morgan fingerprint density at radius 1 is 0.966 bits per heavy atom. The van der Waals surface area contributed by atoms with Gasteiger partial charge in [-0.25, -0.2) is 0 Å². The number of hydrogen-bond donors (Lipinski definition) is 3. The molecule has 1 aliphatic heterocycles. The summed E-state index contributed by atoms with van der Waals surface area (Å²) in [6.45, 7) is 3.02. The summed E-state index contributed by atoms with van der Waals surface area (Å²) in [5.41, 5.74) is 14.4. The number of nitrogens with two attached hydrogens (primary N) is 2. The van der Waals surface area contributed by atoms with Gasteiger partial charge >= 0.3 is 0 Å². The topological polar surface area (TPSA) is 105 Å². The molecule has 2 aliphatic carbocycles. The number of nitrogen functional groups attached to an aromatic ring is 1. The average molecular weight is 400 g/mol. The van der Waals surface area contributed by atoms with Crippen LogP contribution < -0.4 is 21.7 Å². The molecule has 0 aromatic heterocycles. The predicted molar refractivity (Wildman–Crippen MR) is 115 cm³/mol. The summed E-state index contributed by atoms with van der Waals surface area (Å²) in [4.78, 5) is 29.2. The van der Waals surface area contributed by atoms with Crippen LogP contribution in [0.2, 0.25) is 0 Å². The number of carbonyl (C=O) groups is 2. The van der Waals surface area contributed by atoms with Gasteiger partial charge < -0.3 is 26.6 Å². The van der Waals surface area contributed by atoms with Crippen LogP contribution in [0.3, 0.4) is 0 Å². The van der Waals surface area contributed by atoms with E-state index in [2.05, 4.69) is 10.2 Å². The zero-order chi connectivity index (χ0) is 20.4. The first kappa shape index (κ1) is 20.0. The third kappa shape index (κ3) is 4.50. The Labute approximate surface area is 172 Å². The lowest BCUT2D eigenvalue weighted by atomic mass is 9.84. The molecule has 0 unspecified atom stereocenters. The third-order valence-electron chi connectivity index (χ3n) is 6.78. The van der Waals surface area contributed by atoms with Crippen LogP contribution in [0.5, 0.6) is 0 Å². The van der Waals surface area contributed by atoms with Crippen LogP contribution in [-0.2, 0) is 4.79 Å². The highest BCUT2D eigenvalue weighted by molar-refractivity contribution is 5.96. The van der Waals surface area contributed by atoms with E-state index in [9.17, 15) is 9.59 Å². The number of nitrogens with one attached hydrogen (secondary N) is 1. The summed E-state index contributed by atoms with van der Waals surface area (Å²) in [5.74, 6) is 0.503. The minimum absolute atomic E-state index is 0.0698. The fourth-order valence-corrected chi connectivity index (χ4v) is 4.60. The molecule has 0 spiro atoms. The van der Waals surface area contributed by atoms with E-state index in [0.717, 1.165) is 70.4 Å². The van der Waals surface area contributed by atoms with Crippen LogP contribution >= 0.6 is 0 Å². The zero-order valence-electron chi connectivity index (χ0n) is 17.1. The molecule has 7 heteroatoms. The maximum absolute atomic E-state index is 12.6. The second kappa shape index (κ2) is 8.61. The number of anilines is 2. The highest BCUT2D eigenvalue weighted by atomic mass is 16.2. The summed E-state index contributed by atoms with van der Waals surface area (Å²) >= 11 is 0. The van der Waals surface area contributed by atoms with Gasteiger partial charge in [0.15, 0.2) is 0 Å². The summed E-state index contributed by atoms with van der Waals surface area (Å²) in [7, 11) is 0. The van der Waals surface area contributed by atoms with Crippen molar-refractivity contribution in [3.8, 4) is 0 Å². The van der Waals surface area contributed by atoms with Crippen molar-refractivity contribution in [1.82, 2.24) is 10.2 Å². The Kier molecular flexibility index (Phi) is 5.94. The van der Waals surface area contributed by atoms with E-state index >= 15 is 0 Å². The smallest absolute Gasteiger partial charge is 0.251 e. The van der Waals surface area contributed by atoms with E-state index in [-0.39, 0.29) is 23.9 Å². The van der Waals surface area contributed by atoms with Gasteiger partial charge in [0.25, 0.3) is 5.91 Å². The van der Waals surface area contributed by atoms with Crippen LogP contribution in [0.15, 0.2) is 18.2 Å². The molecule has 5 N–H and O–H groups in total. The van der Waals surface area contributed by atoms with Gasteiger partial charge in [-0.3, -0.25) is 9.59 Å². The molecule has 3 fully saturated rings. The van der Waals surface area contributed by atoms with Crippen molar-refractivity contribution in [3.05, 3.63) is 23.8 Å². The Morgan fingerprint density at radius 2 is 1.66 bits per heavy atom. The number of piperazine rings is 1. The van der Waals surface area contributed by atoms with Crippen molar-refractivity contribution in [3.63, 3.8) is 0 Å². The standard InChI is InChI=1S/C22H33N5O2/c23-17-5-7-18(8-6-17)25-21(28)16-4-9-20(19(24)14-16)26-10-12-27(13-11-26)22(29)15-2-1-3-15/h4,9,14-15,17-18H,1-3,5-8,10-13,23-24H2,(H,25,28). The van der Waals surface area contributed by atoms with Gasteiger partial charge in [0.2, 0.25) is 5.91 Å².